The smallest absolute Gasteiger partial charge is 0.344 e. The molecule has 0 saturated heterocycles. The van der Waals surface area contributed by atoms with Crippen molar-refractivity contribution in [3.8, 4) is 0 Å². The predicted molar refractivity (Wildman–Crippen MR) is 104 cm³/mol. The summed E-state index contributed by atoms with van der Waals surface area (Å²) in [5.41, 5.74) is 1.27. The monoisotopic (exact) mass is 371 g/mol. The average molecular weight is 371 g/mol. The van der Waals surface area contributed by atoms with Gasteiger partial charge in [0.2, 0.25) is 5.91 Å². The maximum atomic E-state index is 12.7. The lowest BCUT2D eigenvalue weighted by atomic mass is 9.89. The van der Waals surface area contributed by atoms with Gasteiger partial charge in [-0.1, -0.05) is 50.5 Å². The Labute approximate surface area is 159 Å². The molecule has 1 fully saturated rings. The van der Waals surface area contributed by atoms with Crippen LogP contribution in [0.1, 0.15) is 52.4 Å². The number of rotatable bonds is 6. The number of nitrogens with zero attached hydrogens (tertiary/aromatic N) is 3. The van der Waals surface area contributed by atoms with Crippen molar-refractivity contribution in [3.05, 3.63) is 24.3 Å². The number of carbonyl (C=O) groups excluding carboxylic acids is 2. The Morgan fingerprint density at radius 2 is 1.93 bits per heavy atom. The van der Waals surface area contributed by atoms with E-state index in [1.165, 1.54) is 36.8 Å². The first kappa shape index (κ1) is 19.3. The van der Waals surface area contributed by atoms with Crippen molar-refractivity contribution < 1.29 is 9.59 Å². The highest BCUT2D eigenvalue weighted by atomic mass is 16.2. The van der Waals surface area contributed by atoms with Crippen molar-refractivity contribution in [1.82, 2.24) is 25.6 Å². The molecule has 1 aliphatic rings. The molecule has 1 aromatic heterocycles. The molecule has 1 saturated carbocycles. The fraction of sp³-hybridized carbons (Fsp3) is 0.600. The van der Waals surface area contributed by atoms with Crippen LogP contribution in [0.4, 0.5) is 4.79 Å². The van der Waals surface area contributed by atoms with E-state index < -0.39 is 12.1 Å². The molecule has 0 unspecified atom stereocenters. The van der Waals surface area contributed by atoms with E-state index in [4.69, 9.17) is 0 Å². The Kier molecular flexibility index (Phi) is 6.42. The summed E-state index contributed by atoms with van der Waals surface area (Å²) in [4.78, 5) is 25.4. The summed E-state index contributed by atoms with van der Waals surface area (Å²) in [7, 11) is 0. The zero-order valence-corrected chi connectivity index (χ0v) is 16.1. The molecule has 7 nitrogen and oxygen atoms in total. The van der Waals surface area contributed by atoms with Crippen LogP contribution in [0.2, 0.25) is 0 Å². The summed E-state index contributed by atoms with van der Waals surface area (Å²) >= 11 is 0. The summed E-state index contributed by atoms with van der Waals surface area (Å²) in [5, 5.41) is 13.8. The van der Waals surface area contributed by atoms with Gasteiger partial charge in [-0.2, -0.15) is 4.68 Å². The molecule has 7 heteroatoms. The van der Waals surface area contributed by atoms with Crippen LogP contribution in [-0.2, 0) is 4.79 Å². The van der Waals surface area contributed by atoms with Gasteiger partial charge in [-0.25, -0.2) is 4.79 Å². The summed E-state index contributed by atoms with van der Waals surface area (Å²) in [6.45, 7) is 4.77. The third-order valence-electron chi connectivity index (χ3n) is 5.16. The van der Waals surface area contributed by atoms with Gasteiger partial charge < -0.3 is 10.6 Å². The zero-order valence-electron chi connectivity index (χ0n) is 16.1. The molecule has 2 N–H and O–H groups in total. The fourth-order valence-electron chi connectivity index (χ4n) is 3.69. The highest BCUT2D eigenvalue weighted by Crippen LogP contribution is 2.22. The molecule has 0 aliphatic heterocycles. The molecule has 0 radical (unpaired) electrons. The first-order valence-corrected chi connectivity index (χ1v) is 9.93. The molecule has 1 aromatic carbocycles. The van der Waals surface area contributed by atoms with Gasteiger partial charge in [-0.3, -0.25) is 4.79 Å². The number of para-hydroxylation sites is 1. The van der Waals surface area contributed by atoms with Gasteiger partial charge in [-0.05, 0) is 43.2 Å². The second-order valence-electron chi connectivity index (χ2n) is 7.87. The Hall–Kier alpha value is -2.44. The number of hydrogen-bond acceptors (Lipinski definition) is 4. The third kappa shape index (κ3) is 5.05. The maximum absolute atomic E-state index is 12.7. The van der Waals surface area contributed by atoms with Crippen molar-refractivity contribution in [1.29, 1.82) is 0 Å². The highest BCUT2D eigenvalue weighted by molar-refractivity contribution is 5.91. The summed E-state index contributed by atoms with van der Waals surface area (Å²) < 4.78 is 1.22. The number of carbonyl (C=O) groups is 2. The van der Waals surface area contributed by atoms with Gasteiger partial charge in [0.25, 0.3) is 0 Å². The highest BCUT2D eigenvalue weighted by Gasteiger charge is 2.25. The minimum absolute atomic E-state index is 0.118. The minimum Gasteiger partial charge on any atom is -0.354 e. The maximum Gasteiger partial charge on any atom is 0.344 e. The average Bonchev–Trinajstić information content (AvgIpc) is 3.10. The summed E-state index contributed by atoms with van der Waals surface area (Å²) in [5.74, 6) is 0.715. The molecule has 0 spiro atoms. The first-order valence-electron chi connectivity index (χ1n) is 9.93. The number of benzene rings is 1. The number of amides is 2. The van der Waals surface area contributed by atoms with Crippen LogP contribution < -0.4 is 10.6 Å². The quantitative estimate of drug-likeness (QED) is 0.816. The van der Waals surface area contributed by atoms with Gasteiger partial charge in [0.05, 0.1) is 5.52 Å². The predicted octanol–water partition coefficient (Wildman–Crippen LogP) is 3.10. The topological polar surface area (TPSA) is 88.9 Å². The van der Waals surface area contributed by atoms with Gasteiger partial charge >= 0.3 is 6.03 Å². The molecule has 27 heavy (non-hydrogen) atoms. The van der Waals surface area contributed by atoms with E-state index in [1.807, 2.05) is 26.0 Å². The van der Waals surface area contributed by atoms with Gasteiger partial charge in [0.1, 0.15) is 11.6 Å². The normalized spacial score (nSPS) is 16.4. The lowest BCUT2D eigenvalue weighted by molar-refractivity contribution is -0.123. The Morgan fingerprint density at radius 1 is 1.19 bits per heavy atom. The van der Waals surface area contributed by atoms with E-state index in [9.17, 15) is 9.59 Å². The van der Waals surface area contributed by atoms with Crippen LogP contribution >= 0.6 is 0 Å². The molecular weight excluding hydrogens is 342 g/mol. The molecular formula is C20H29N5O2. The van der Waals surface area contributed by atoms with E-state index in [1.54, 1.807) is 12.1 Å². The van der Waals surface area contributed by atoms with Gasteiger partial charge in [0, 0.05) is 6.54 Å². The van der Waals surface area contributed by atoms with E-state index in [2.05, 4.69) is 20.9 Å². The van der Waals surface area contributed by atoms with Crippen LogP contribution in [0.15, 0.2) is 24.3 Å². The van der Waals surface area contributed by atoms with Crippen LogP contribution in [0.3, 0.4) is 0 Å². The van der Waals surface area contributed by atoms with Crippen LogP contribution in [0.5, 0.6) is 0 Å². The number of nitrogens with one attached hydrogen (secondary N) is 2. The molecule has 146 valence electrons. The van der Waals surface area contributed by atoms with Crippen molar-refractivity contribution in [2.24, 2.45) is 11.8 Å². The first-order chi connectivity index (χ1) is 13.0. The largest absolute Gasteiger partial charge is 0.354 e. The van der Waals surface area contributed by atoms with Gasteiger partial charge in [0.15, 0.2) is 0 Å². The Balaban J connectivity index is 1.64. The lowest BCUT2D eigenvalue weighted by Crippen LogP contribution is -2.49. The Morgan fingerprint density at radius 3 is 2.67 bits per heavy atom. The fourth-order valence-corrected chi connectivity index (χ4v) is 3.69. The van der Waals surface area contributed by atoms with Crippen LogP contribution in [-0.4, -0.2) is 39.5 Å². The zero-order chi connectivity index (χ0) is 19.2. The second kappa shape index (κ2) is 8.97. The van der Waals surface area contributed by atoms with Crippen molar-refractivity contribution in [2.75, 3.05) is 6.54 Å². The van der Waals surface area contributed by atoms with E-state index in [0.29, 0.717) is 29.9 Å². The third-order valence-corrected chi connectivity index (χ3v) is 5.16. The molecule has 1 heterocycles. The molecule has 3 rings (SSSR count). The number of fused-ring (bicyclic) bond motifs is 1. The van der Waals surface area contributed by atoms with Crippen molar-refractivity contribution >= 4 is 23.0 Å². The molecule has 0 bridgehead atoms. The summed E-state index contributed by atoms with van der Waals surface area (Å²) in [6.07, 6.45) is 6.70. The summed E-state index contributed by atoms with van der Waals surface area (Å²) in [6, 6.07) is 6.26. The molecule has 2 aromatic rings. The van der Waals surface area contributed by atoms with Crippen LogP contribution in [0, 0.1) is 11.8 Å². The minimum atomic E-state index is -0.580. The van der Waals surface area contributed by atoms with Crippen molar-refractivity contribution in [2.45, 2.75) is 58.4 Å². The number of aromatic nitrogens is 3. The van der Waals surface area contributed by atoms with E-state index in [-0.39, 0.29) is 11.8 Å². The Bertz CT molecular complexity index is 780. The van der Waals surface area contributed by atoms with E-state index in [0.717, 1.165) is 0 Å². The van der Waals surface area contributed by atoms with Crippen molar-refractivity contribution in [3.63, 3.8) is 0 Å². The van der Waals surface area contributed by atoms with Crippen LogP contribution in [0.25, 0.3) is 11.0 Å². The number of hydrogen-bond donors (Lipinski definition) is 2. The lowest BCUT2D eigenvalue weighted by Gasteiger charge is -2.24. The molecule has 1 aliphatic carbocycles. The SMILES string of the molecule is CC(C)C[C@H](NC(=O)n1nnc2ccccc21)C(=O)NCC1CCCCC1. The van der Waals surface area contributed by atoms with Gasteiger partial charge in [-0.15, -0.1) is 5.10 Å². The molecule has 2 amide bonds. The second-order valence-corrected chi connectivity index (χ2v) is 7.87. The standard InChI is InChI=1S/C20H29N5O2/c1-14(2)12-17(19(26)21-13-15-8-4-3-5-9-15)22-20(27)25-18-11-7-6-10-16(18)23-24-25/h6-7,10-11,14-15,17H,3-5,8-9,12-13H2,1-2H3,(H,21,26)(H,22,27)/t17-/m0/s1. The molecule has 1 atom stereocenters. The van der Waals surface area contributed by atoms with E-state index >= 15 is 0 Å².